The fraction of sp³-hybridized carbons (Fsp3) is 0.464. The summed E-state index contributed by atoms with van der Waals surface area (Å²) >= 11 is 0. The lowest BCUT2D eigenvalue weighted by Crippen LogP contribution is -2.63. The van der Waals surface area contributed by atoms with Gasteiger partial charge in [0, 0.05) is 12.0 Å². The monoisotopic (exact) mass is 512 g/mol. The van der Waals surface area contributed by atoms with Crippen LogP contribution in [0, 0.1) is 5.92 Å². The van der Waals surface area contributed by atoms with Gasteiger partial charge in [0.25, 0.3) is 11.6 Å². The third-order valence-corrected chi connectivity index (χ3v) is 7.62. The van der Waals surface area contributed by atoms with Crippen LogP contribution in [0.25, 0.3) is 22.2 Å². The maximum absolute atomic E-state index is 14.7. The summed E-state index contributed by atoms with van der Waals surface area (Å²) in [4.78, 5) is 30.1. The molecule has 1 atom stereocenters. The molecule has 2 aromatic carbocycles. The summed E-state index contributed by atoms with van der Waals surface area (Å²) in [5.74, 6) is -2.07. The number of nitrogens with one attached hydrogen (secondary N) is 2. The van der Waals surface area contributed by atoms with Gasteiger partial charge in [0.05, 0.1) is 11.0 Å². The van der Waals surface area contributed by atoms with Gasteiger partial charge >= 0.3 is 6.18 Å². The van der Waals surface area contributed by atoms with E-state index in [1.165, 1.54) is 6.07 Å². The molecule has 1 unspecified atom stereocenters. The van der Waals surface area contributed by atoms with Crippen LogP contribution in [0.3, 0.4) is 0 Å². The van der Waals surface area contributed by atoms with E-state index in [0.29, 0.717) is 23.4 Å². The number of amides is 2. The number of benzene rings is 2. The number of hydrogen-bond acceptors (Lipinski definition) is 3. The highest BCUT2D eigenvalue weighted by Gasteiger charge is 2.67. The molecule has 6 nitrogen and oxygen atoms in total. The highest BCUT2D eigenvalue weighted by molar-refractivity contribution is 6.06. The second kappa shape index (κ2) is 8.89. The first-order valence-electron chi connectivity index (χ1n) is 12.7. The van der Waals surface area contributed by atoms with E-state index in [1.54, 1.807) is 12.1 Å². The summed E-state index contributed by atoms with van der Waals surface area (Å²) in [6, 6.07) is 12.7. The Kier molecular flexibility index (Phi) is 6.08. The summed E-state index contributed by atoms with van der Waals surface area (Å²) in [5.41, 5.74) is -0.336. The van der Waals surface area contributed by atoms with E-state index >= 15 is 0 Å². The van der Waals surface area contributed by atoms with E-state index in [2.05, 4.69) is 36.4 Å². The SMILES string of the molecule is CC(C)(C)c1ccc(-c2cccc3c2nc2n3C(NC(=O)CCC3CCCC3)(C(F)(F)F)C(=O)N2)cc1. The minimum absolute atomic E-state index is 0.0489. The van der Waals surface area contributed by atoms with E-state index in [4.69, 9.17) is 0 Å². The molecule has 2 N–H and O–H groups in total. The third-order valence-electron chi connectivity index (χ3n) is 7.62. The molecule has 1 saturated carbocycles. The van der Waals surface area contributed by atoms with Crippen molar-refractivity contribution in [1.29, 1.82) is 0 Å². The lowest BCUT2D eigenvalue weighted by atomic mass is 9.86. The number of nitrogens with zero attached hydrogens (tertiary/aromatic N) is 2. The van der Waals surface area contributed by atoms with Crippen LogP contribution in [0.15, 0.2) is 42.5 Å². The van der Waals surface area contributed by atoms with Crippen molar-refractivity contribution >= 4 is 28.8 Å². The van der Waals surface area contributed by atoms with Crippen molar-refractivity contribution < 1.29 is 22.8 Å². The Bertz CT molecular complexity index is 1350. The van der Waals surface area contributed by atoms with Crippen LogP contribution in [-0.4, -0.2) is 27.5 Å². The molecule has 5 rings (SSSR count). The zero-order valence-corrected chi connectivity index (χ0v) is 21.2. The molecule has 37 heavy (non-hydrogen) atoms. The minimum Gasteiger partial charge on any atom is -0.317 e. The van der Waals surface area contributed by atoms with Crippen LogP contribution in [0.2, 0.25) is 0 Å². The zero-order chi connectivity index (χ0) is 26.6. The topological polar surface area (TPSA) is 76.0 Å². The molecule has 2 amide bonds. The van der Waals surface area contributed by atoms with Crippen LogP contribution in [0.5, 0.6) is 0 Å². The Morgan fingerprint density at radius 2 is 1.78 bits per heavy atom. The Hall–Kier alpha value is -3.36. The molecular weight excluding hydrogens is 481 g/mol. The Morgan fingerprint density at radius 1 is 1.11 bits per heavy atom. The summed E-state index contributed by atoms with van der Waals surface area (Å²) in [6.07, 6.45) is -0.540. The molecule has 1 aliphatic heterocycles. The molecule has 1 fully saturated rings. The lowest BCUT2D eigenvalue weighted by Gasteiger charge is -2.32. The fourth-order valence-corrected chi connectivity index (χ4v) is 5.54. The molecule has 1 aliphatic carbocycles. The van der Waals surface area contributed by atoms with Crippen molar-refractivity contribution in [3.8, 4) is 11.1 Å². The Labute approximate surface area is 213 Å². The first-order valence-corrected chi connectivity index (χ1v) is 12.7. The summed E-state index contributed by atoms with van der Waals surface area (Å²) < 4.78 is 44.9. The van der Waals surface area contributed by atoms with Gasteiger partial charge < -0.3 is 5.32 Å². The number of hydrogen-bond donors (Lipinski definition) is 2. The quantitative estimate of drug-likeness (QED) is 0.424. The predicted octanol–water partition coefficient (Wildman–Crippen LogP) is 6.25. The number of fused-ring (bicyclic) bond motifs is 3. The van der Waals surface area contributed by atoms with E-state index in [1.807, 2.05) is 24.3 Å². The van der Waals surface area contributed by atoms with Crippen LogP contribution in [0.1, 0.15) is 64.9 Å². The molecule has 0 saturated heterocycles. The fourth-order valence-electron chi connectivity index (χ4n) is 5.54. The largest absolute Gasteiger partial charge is 0.440 e. The highest BCUT2D eigenvalue weighted by Crippen LogP contribution is 2.45. The minimum atomic E-state index is -5.09. The van der Waals surface area contributed by atoms with Crippen molar-refractivity contribution in [1.82, 2.24) is 14.9 Å². The molecule has 0 spiro atoms. The second-order valence-electron chi connectivity index (χ2n) is 11.2. The van der Waals surface area contributed by atoms with Gasteiger partial charge in [0.15, 0.2) is 0 Å². The summed E-state index contributed by atoms with van der Waals surface area (Å²) in [7, 11) is 0. The normalized spacial score (nSPS) is 20.3. The van der Waals surface area contributed by atoms with Crippen LogP contribution < -0.4 is 10.6 Å². The summed E-state index contributed by atoms with van der Waals surface area (Å²) in [5, 5.41) is 4.34. The van der Waals surface area contributed by atoms with Crippen LogP contribution in [0.4, 0.5) is 19.1 Å². The van der Waals surface area contributed by atoms with Gasteiger partial charge in [-0.25, -0.2) is 4.98 Å². The molecule has 2 heterocycles. The van der Waals surface area contributed by atoms with Gasteiger partial charge in [0.2, 0.25) is 11.9 Å². The molecule has 196 valence electrons. The average Bonchev–Trinajstić information content (AvgIpc) is 3.53. The van der Waals surface area contributed by atoms with Crippen molar-refractivity contribution in [2.45, 2.75) is 76.6 Å². The standard InChI is InChI=1S/C28H31F3N4O2/c1-26(2,3)19-14-12-18(13-15-19)20-9-6-10-21-23(20)32-25-33-24(37)27(35(21)25,28(29,30)31)34-22(36)16-11-17-7-4-5-8-17/h6,9-10,12-15,17H,4-5,7-8,11,16H2,1-3H3,(H,34,36)(H,32,33,37). The molecule has 2 aliphatic rings. The van der Waals surface area contributed by atoms with Gasteiger partial charge in [-0.3, -0.25) is 19.5 Å². The Morgan fingerprint density at radius 3 is 2.41 bits per heavy atom. The van der Waals surface area contributed by atoms with Crippen molar-refractivity contribution in [3.63, 3.8) is 0 Å². The maximum atomic E-state index is 14.7. The van der Waals surface area contributed by atoms with Crippen LogP contribution >= 0.6 is 0 Å². The van der Waals surface area contributed by atoms with Crippen LogP contribution in [-0.2, 0) is 20.7 Å². The van der Waals surface area contributed by atoms with Gasteiger partial charge in [-0.15, -0.1) is 0 Å². The molecule has 1 aromatic heterocycles. The smallest absolute Gasteiger partial charge is 0.317 e. The number of rotatable bonds is 5. The second-order valence-corrected chi connectivity index (χ2v) is 11.2. The summed E-state index contributed by atoms with van der Waals surface area (Å²) in [6.45, 7) is 6.30. The molecule has 3 aromatic rings. The number of para-hydroxylation sites is 1. The van der Waals surface area contributed by atoms with E-state index in [9.17, 15) is 22.8 Å². The first-order chi connectivity index (χ1) is 17.4. The molecule has 0 radical (unpaired) electrons. The van der Waals surface area contributed by atoms with Crippen molar-refractivity contribution in [2.75, 3.05) is 5.32 Å². The number of carbonyl (C=O) groups excluding carboxylic acids is 2. The van der Waals surface area contributed by atoms with E-state index in [-0.39, 0.29) is 23.3 Å². The number of alkyl halides is 3. The Balaban J connectivity index is 1.55. The van der Waals surface area contributed by atoms with Gasteiger partial charge in [0.1, 0.15) is 0 Å². The lowest BCUT2D eigenvalue weighted by molar-refractivity contribution is -0.217. The average molecular weight is 513 g/mol. The number of imidazole rings is 1. The molecular formula is C28H31F3N4O2. The van der Waals surface area contributed by atoms with Crippen molar-refractivity contribution in [2.24, 2.45) is 5.92 Å². The van der Waals surface area contributed by atoms with Crippen molar-refractivity contribution in [3.05, 3.63) is 48.0 Å². The number of halogens is 3. The molecule has 0 bridgehead atoms. The maximum Gasteiger partial charge on any atom is 0.440 e. The number of aromatic nitrogens is 2. The number of carbonyl (C=O) groups is 2. The molecule has 9 heteroatoms. The zero-order valence-electron chi connectivity index (χ0n) is 21.2. The number of anilines is 1. The van der Waals surface area contributed by atoms with E-state index < -0.39 is 23.7 Å². The third kappa shape index (κ3) is 4.28. The van der Waals surface area contributed by atoms with E-state index in [0.717, 1.165) is 41.4 Å². The predicted molar refractivity (Wildman–Crippen MR) is 136 cm³/mol. The highest BCUT2D eigenvalue weighted by atomic mass is 19.4. The first kappa shape index (κ1) is 25.3. The van der Waals surface area contributed by atoms with Gasteiger partial charge in [-0.2, -0.15) is 13.2 Å². The van der Waals surface area contributed by atoms with Gasteiger partial charge in [-0.05, 0) is 34.9 Å². The van der Waals surface area contributed by atoms with Gasteiger partial charge in [-0.1, -0.05) is 82.9 Å².